The number of rotatable bonds is 5. The van der Waals surface area contributed by atoms with Gasteiger partial charge in [-0.05, 0) is 11.3 Å². The van der Waals surface area contributed by atoms with Crippen molar-refractivity contribution < 1.29 is 14.5 Å². The molecule has 1 saturated heterocycles. The summed E-state index contributed by atoms with van der Waals surface area (Å²) < 4.78 is 6.23. The smallest absolute Gasteiger partial charge is 0.434 e. The first-order chi connectivity index (χ1) is 8.18. The Kier molecular flexibility index (Phi) is 3.22. The maximum Gasteiger partial charge on any atom is 0.434 e. The van der Waals surface area contributed by atoms with Crippen molar-refractivity contribution in [2.75, 3.05) is 19.7 Å². The molecule has 0 bridgehead atoms. The lowest BCUT2D eigenvalue weighted by atomic mass is 10.4. The molecule has 1 aromatic rings. The summed E-state index contributed by atoms with van der Waals surface area (Å²) >= 11 is 0. The van der Waals surface area contributed by atoms with E-state index in [4.69, 9.17) is 4.74 Å². The highest BCUT2D eigenvalue weighted by molar-refractivity contribution is 5.69. The van der Waals surface area contributed by atoms with Crippen LogP contribution >= 0.6 is 0 Å². The molecule has 1 fully saturated rings. The fraction of sp³-hybridized carbons (Fsp3) is 0.556. The van der Waals surface area contributed by atoms with Gasteiger partial charge in [0.2, 0.25) is 0 Å². The molecule has 92 valence electrons. The second-order valence-electron chi connectivity index (χ2n) is 3.63. The average molecular weight is 240 g/mol. The van der Waals surface area contributed by atoms with Crippen molar-refractivity contribution in [3.63, 3.8) is 0 Å². The number of carbonyl (C=O) groups excluding carboxylic acids is 1. The monoisotopic (exact) mass is 240 g/mol. The zero-order valence-corrected chi connectivity index (χ0v) is 9.11. The van der Waals surface area contributed by atoms with Gasteiger partial charge in [0.1, 0.15) is 19.0 Å². The van der Waals surface area contributed by atoms with Crippen LogP contribution < -0.4 is 0 Å². The zero-order valence-electron chi connectivity index (χ0n) is 9.11. The van der Waals surface area contributed by atoms with Gasteiger partial charge in [0, 0.05) is 6.54 Å². The Morgan fingerprint density at radius 2 is 2.35 bits per heavy atom. The molecule has 2 rings (SSSR count). The Bertz CT molecular complexity index is 430. The van der Waals surface area contributed by atoms with E-state index in [9.17, 15) is 14.9 Å². The van der Waals surface area contributed by atoms with E-state index >= 15 is 0 Å². The summed E-state index contributed by atoms with van der Waals surface area (Å²) in [7, 11) is 0. The highest BCUT2D eigenvalue weighted by Crippen LogP contribution is 2.09. The third kappa shape index (κ3) is 2.52. The average Bonchev–Trinajstić information content (AvgIpc) is 2.88. The first-order valence-electron chi connectivity index (χ1n) is 5.25. The molecule has 2 heterocycles. The number of hydrogen-bond acceptors (Lipinski definition) is 5. The van der Waals surface area contributed by atoms with Crippen LogP contribution in [0, 0.1) is 10.1 Å². The minimum atomic E-state index is -0.524. The van der Waals surface area contributed by atoms with Crippen LogP contribution in [0.3, 0.4) is 0 Å². The van der Waals surface area contributed by atoms with Gasteiger partial charge in [-0.3, -0.25) is 0 Å². The molecule has 0 saturated carbocycles. The summed E-state index contributed by atoms with van der Waals surface area (Å²) in [5.74, 6) is -0.172. The van der Waals surface area contributed by atoms with Crippen molar-refractivity contribution in [1.82, 2.24) is 14.5 Å². The standard InChI is InChI=1S/C9H12N4O4/c14-9-12(6-7-17-9)4-1-3-11-5-2-10-8(11)13(15)16/h2,5H,1,3-4,6-7H2. The molecule has 8 nitrogen and oxygen atoms in total. The summed E-state index contributed by atoms with van der Waals surface area (Å²) in [6, 6.07) is 0. The van der Waals surface area contributed by atoms with E-state index < -0.39 is 4.92 Å². The predicted octanol–water partition coefficient (Wildman–Crippen LogP) is 0.634. The zero-order chi connectivity index (χ0) is 12.3. The molecular formula is C9H12N4O4. The fourth-order valence-electron chi connectivity index (χ4n) is 1.71. The maximum atomic E-state index is 11.1. The normalized spacial score (nSPS) is 15.1. The third-order valence-corrected chi connectivity index (χ3v) is 2.53. The predicted molar refractivity (Wildman–Crippen MR) is 56.4 cm³/mol. The Morgan fingerprint density at radius 3 is 3.00 bits per heavy atom. The van der Waals surface area contributed by atoms with Gasteiger partial charge >= 0.3 is 12.0 Å². The summed E-state index contributed by atoms with van der Waals surface area (Å²) in [5, 5.41) is 10.6. The fourth-order valence-corrected chi connectivity index (χ4v) is 1.71. The van der Waals surface area contributed by atoms with Crippen molar-refractivity contribution in [2.24, 2.45) is 0 Å². The molecule has 0 spiro atoms. The number of nitro groups is 1. The van der Waals surface area contributed by atoms with Crippen LogP contribution in [0.4, 0.5) is 10.7 Å². The second-order valence-corrected chi connectivity index (χ2v) is 3.63. The molecule has 0 unspecified atom stereocenters. The maximum absolute atomic E-state index is 11.1. The van der Waals surface area contributed by atoms with Gasteiger partial charge in [0.15, 0.2) is 0 Å². The summed E-state index contributed by atoms with van der Waals surface area (Å²) in [6.45, 7) is 2.00. The number of imidazole rings is 1. The first kappa shape index (κ1) is 11.4. The Labute approximate surface area is 96.9 Å². The van der Waals surface area contributed by atoms with Crippen molar-refractivity contribution in [2.45, 2.75) is 13.0 Å². The Morgan fingerprint density at radius 1 is 1.53 bits per heavy atom. The molecule has 1 aliphatic heterocycles. The van der Waals surface area contributed by atoms with Crippen LogP contribution in [-0.4, -0.2) is 45.2 Å². The van der Waals surface area contributed by atoms with Crippen LogP contribution in [-0.2, 0) is 11.3 Å². The van der Waals surface area contributed by atoms with E-state index in [1.54, 1.807) is 11.1 Å². The van der Waals surface area contributed by atoms with Crippen LogP contribution in [0.2, 0.25) is 0 Å². The van der Waals surface area contributed by atoms with E-state index in [1.165, 1.54) is 10.8 Å². The van der Waals surface area contributed by atoms with Gasteiger partial charge in [-0.2, -0.15) is 0 Å². The molecule has 1 aromatic heterocycles. The number of cyclic esters (lactones) is 1. The van der Waals surface area contributed by atoms with Crippen molar-refractivity contribution in [3.05, 3.63) is 22.5 Å². The molecule has 0 radical (unpaired) electrons. The lowest BCUT2D eigenvalue weighted by molar-refractivity contribution is -0.396. The number of nitrogens with zero attached hydrogens (tertiary/aromatic N) is 4. The molecular weight excluding hydrogens is 228 g/mol. The van der Waals surface area contributed by atoms with E-state index in [0.717, 1.165) is 0 Å². The summed E-state index contributed by atoms with van der Waals surface area (Å²) in [6.07, 6.45) is 3.26. The molecule has 8 heteroatoms. The molecule has 0 aromatic carbocycles. The van der Waals surface area contributed by atoms with Gasteiger partial charge in [0.25, 0.3) is 0 Å². The first-order valence-corrected chi connectivity index (χ1v) is 5.25. The Balaban J connectivity index is 1.83. The van der Waals surface area contributed by atoms with E-state index in [-0.39, 0.29) is 12.0 Å². The lowest BCUT2D eigenvalue weighted by Crippen LogP contribution is -2.26. The lowest BCUT2D eigenvalue weighted by Gasteiger charge is -2.11. The quantitative estimate of drug-likeness (QED) is 0.556. The van der Waals surface area contributed by atoms with Crippen molar-refractivity contribution >= 4 is 12.0 Å². The van der Waals surface area contributed by atoms with Gasteiger partial charge in [-0.1, -0.05) is 4.98 Å². The van der Waals surface area contributed by atoms with Crippen molar-refractivity contribution in [3.8, 4) is 0 Å². The van der Waals surface area contributed by atoms with Gasteiger partial charge in [0.05, 0.1) is 13.1 Å². The largest absolute Gasteiger partial charge is 0.448 e. The molecule has 1 amide bonds. The molecule has 17 heavy (non-hydrogen) atoms. The van der Waals surface area contributed by atoms with Crippen LogP contribution in [0.1, 0.15) is 6.42 Å². The second kappa shape index (κ2) is 4.81. The van der Waals surface area contributed by atoms with E-state index in [0.29, 0.717) is 32.7 Å². The topological polar surface area (TPSA) is 90.5 Å². The van der Waals surface area contributed by atoms with E-state index in [1.807, 2.05) is 0 Å². The Hall–Kier alpha value is -2.12. The number of aryl methyl sites for hydroxylation is 1. The minimum absolute atomic E-state index is 0.172. The summed E-state index contributed by atoms with van der Waals surface area (Å²) in [5.41, 5.74) is 0. The third-order valence-electron chi connectivity index (χ3n) is 2.53. The highest BCUT2D eigenvalue weighted by Gasteiger charge is 2.21. The SMILES string of the molecule is O=C1OCCN1CCCn1ccnc1[N+](=O)[O-]. The van der Waals surface area contributed by atoms with Crippen LogP contribution in [0.15, 0.2) is 12.4 Å². The summed E-state index contributed by atoms with van der Waals surface area (Å²) in [4.78, 5) is 26.4. The molecule has 0 atom stereocenters. The molecule has 1 aliphatic rings. The number of carbonyl (C=O) groups is 1. The van der Waals surface area contributed by atoms with Gasteiger partial charge in [-0.15, -0.1) is 0 Å². The van der Waals surface area contributed by atoms with Crippen LogP contribution in [0.5, 0.6) is 0 Å². The van der Waals surface area contributed by atoms with Gasteiger partial charge < -0.3 is 19.8 Å². The van der Waals surface area contributed by atoms with Crippen molar-refractivity contribution in [1.29, 1.82) is 0 Å². The highest BCUT2D eigenvalue weighted by atomic mass is 16.6. The van der Waals surface area contributed by atoms with Crippen LogP contribution in [0.25, 0.3) is 0 Å². The number of hydrogen-bond donors (Lipinski definition) is 0. The molecule has 0 aliphatic carbocycles. The van der Waals surface area contributed by atoms with E-state index in [2.05, 4.69) is 4.98 Å². The number of amides is 1. The molecule has 0 N–H and O–H groups in total. The minimum Gasteiger partial charge on any atom is -0.448 e. The van der Waals surface area contributed by atoms with Gasteiger partial charge in [-0.25, -0.2) is 9.36 Å². The number of ether oxygens (including phenoxy) is 1. The number of aromatic nitrogens is 2.